The average molecular weight is 269 g/mol. The Morgan fingerprint density at radius 3 is 2.39 bits per heavy atom. The van der Waals surface area contributed by atoms with Crippen molar-refractivity contribution < 1.29 is 0 Å². The molecule has 0 aliphatic heterocycles. The molecule has 0 aromatic heterocycles. The highest BCUT2D eigenvalue weighted by atomic mass is 35.5. The van der Waals surface area contributed by atoms with Crippen molar-refractivity contribution in [1.82, 2.24) is 4.90 Å². The molecule has 3 heteroatoms. The van der Waals surface area contributed by atoms with Crippen LogP contribution in [0.5, 0.6) is 0 Å². The van der Waals surface area contributed by atoms with Crippen LogP contribution in [0, 0.1) is 5.41 Å². The van der Waals surface area contributed by atoms with Crippen molar-refractivity contribution in [1.29, 1.82) is 0 Å². The van der Waals surface area contributed by atoms with Crippen LogP contribution in [0.15, 0.2) is 24.3 Å². The fourth-order valence-corrected chi connectivity index (χ4v) is 2.04. The highest BCUT2D eigenvalue weighted by Gasteiger charge is 2.14. The summed E-state index contributed by atoms with van der Waals surface area (Å²) in [6.07, 6.45) is 2.36. The van der Waals surface area contributed by atoms with E-state index < -0.39 is 0 Å². The third-order valence-electron chi connectivity index (χ3n) is 3.31. The third-order valence-corrected chi connectivity index (χ3v) is 3.56. The second-order valence-electron chi connectivity index (χ2n) is 5.84. The van der Waals surface area contributed by atoms with Gasteiger partial charge in [0.05, 0.1) is 0 Å². The van der Waals surface area contributed by atoms with E-state index in [1.54, 1.807) is 0 Å². The van der Waals surface area contributed by atoms with Crippen LogP contribution in [-0.2, 0) is 6.54 Å². The molecule has 0 bridgehead atoms. The Hall–Kier alpha value is -0.570. The lowest BCUT2D eigenvalue weighted by Gasteiger charge is -2.24. The first-order chi connectivity index (χ1) is 8.43. The van der Waals surface area contributed by atoms with Gasteiger partial charge >= 0.3 is 0 Å². The van der Waals surface area contributed by atoms with Crippen LogP contribution in [0.4, 0.5) is 0 Å². The zero-order chi connectivity index (χ0) is 13.6. The van der Waals surface area contributed by atoms with E-state index >= 15 is 0 Å². The number of rotatable bonds is 7. The minimum atomic E-state index is 0.265. The SMILES string of the molecule is CN(CCCC(C)(C)CN)Cc1ccc(Cl)cc1. The van der Waals surface area contributed by atoms with E-state index in [0.29, 0.717) is 0 Å². The van der Waals surface area contributed by atoms with Gasteiger partial charge in [0, 0.05) is 11.6 Å². The molecule has 1 aromatic carbocycles. The van der Waals surface area contributed by atoms with E-state index in [2.05, 4.69) is 37.9 Å². The molecule has 18 heavy (non-hydrogen) atoms. The fourth-order valence-electron chi connectivity index (χ4n) is 1.91. The predicted molar refractivity (Wildman–Crippen MR) is 79.9 cm³/mol. The molecule has 0 unspecified atom stereocenters. The van der Waals surface area contributed by atoms with Gasteiger partial charge in [-0.1, -0.05) is 37.6 Å². The summed E-state index contributed by atoms with van der Waals surface area (Å²) in [6.45, 7) is 7.29. The van der Waals surface area contributed by atoms with Crippen LogP contribution in [-0.4, -0.2) is 25.0 Å². The Kier molecular flexibility index (Phi) is 6.13. The Morgan fingerprint density at radius 1 is 1.22 bits per heavy atom. The Bertz CT molecular complexity index is 346. The van der Waals surface area contributed by atoms with Gasteiger partial charge in [0.2, 0.25) is 0 Å². The number of benzene rings is 1. The smallest absolute Gasteiger partial charge is 0.0406 e. The second-order valence-corrected chi connectivity index (χ2v) is 6.27. The molecular weight excluding hydrogens is 244 g/mol. The summed E-state index contributed by atoms with van der Waals surface area (Å²) in [4.78, 5) is 2.34. The van der Waals surface area contributed by atoms with Gasteiger partial charge in [0.25, 0.3) is 0 Å². The van der Waals surface area contributed by atoms with Crippen molar-refractivity contribution in [2.75, 3.05) is 20.1 Å². The molecule has 0 amide bonds. The van der Waals surface area contributed by atoms with Crippen molar-refractivity contribution in [2.45, 2.75) is 33.2 Å². The lowest BCUT2D eigenvalue weighted by atomic mass is 9.88. The first kappa shape index (κ1) is 15.5. The van der Waals surface area contributed by atoms with Gasteiger partial charge in [-0.25, -0.2) is 0 Å². The molecule has 102 valence electrons. The second kappa shape index (κ2) is 7.13. The molecular formula is C15H25ClN2. The summed E-state index contributed by atoms with van der Waals surface area (Å²) in [5.74, 6) is 0. The van der Waals surface area contributed by atoms with E-state index in [1.165, 1.54) is 18.4 Å². The van der Waals surface area contributed by atoms with E-state index in [-0.39, 0.29) is 5.41 Å². The van der Waals surface area contributed by atoms with Crippen LogP contribution in [0.3, 0.4) is 0 Å². The summed E-state index contributed by atoms with van der Waals surface area (Å²) in [7, 11) is 2.16. The van der Waals surface area contributed by atoms with Gasteiger partial charge in [-0.15, -0.1) is 0 Å². The largest absolute Gasteiger partial charge is 0.330 e. The number of nitrogens with zero attached hydrogens (tertiary/aromatic N) is 1. The zero-order valence-electron chi connectivity index (χ0n) is 11.7. The molecule has 0 atom stereocenters. The van der Waals surface area contributed by atoms with E-state index in [4.69, 9.17) is 17.3 Å². The minimum absolute atomic E-state index is 0.265. The summed E-state index contributed by atoms with van der Waals surface area (Å²) in [5, 5.41) is 0.797. The zero-order valence-corrected chi connectivity index (χ0v) is 12.5. The van der Waals surface area contributed by atoms with Gasteiger partial charge in [0.1, 0.15) is 0 Å². The quantitative estimate of drug-likeness (QED) is 0.820. The number of nitrogens with two attached hydrogens (primary N) is 1. The van der Waals surface area contributed by atoms with E-state index in [9.17, 15) is 0 Å². The van der Waals surface area contributed by atoms with Gasteiger partial charge in [-0.2, -0.15) is 0 Å². The van der Waals surface area contributed by atoms with Crippen molar-refractivity contribution in [3.05, 3.63) is 34.9 Å². The molecule has 2 nitrogen and oxygen atoms in total. The Labute approximate surface area is 116 Å². The highest BCUT2D eigenvalue weighted by Crippen LogP contribution is 2.20. The maximum absolute atomic E-state index is 5.87. The molecule has 0 spiro atoms. The van der Waals surface area contributed by atoms with Crippen molar-refractivity contribution in [2.24, 2.45) is 11.1 Å². The maximum atomic E-state index is 5.87. The van der Waals surface area contributed by atoms with Crippen LogP contribution >= 0.6 is 11.6 Å². The van der Waals surface area contributed by atoms with Gasteiger partial charge < -0.3 is 10.6 Å². The van der Waals surface area contributed by atoms with Crippen LogP contribution < -0.4 is 5.73 Å². The molecule has 1 rings (SSSR count). The standard InChI is InChI=1S/C15H25ClN2/c1-15(2,12-17)9-4-10-18(3)11-13-5-7-14(16)8-6-13/h5-8H,4,9-12,17H2,1-3H3. The molecule has 0 aliphatic rings. The van der Waals surface area contributed by atoms with Gasteiger partial charge in [0.15, 0.2) is 0 Å². The molecule has 0 saturated heterocycles. The maximum Gasteiger partial charge on any atom is 0.0406 e. The fraction of sp³-hybridized carbons (Fsp3) is 0.600. The van der Waals surface area contributed by atoms with Gasteiger partial charge in [-0.3, -0.25) is 0 Å². The Balaban J connectivity index is 2.29. The number of halogens is 1. The average Bonchev–Trinajstić information content (AvgIpc) is 2.32. The molecule has 2 N–H and O–H groups in total. The summed E-state index contributed by atoms with van der Waals surface area (Å²) in [5.41, 5.74) is 7.31. The molecule has 0 heterocycles. The number of hydrogen-bond acceptors (Lipinski definition) is 2. The summed E-state index contributed by atoms with van der Waals surface area (Å²) >= 11 is 5.87. The first-order valence-electron chi connectivity index (χ1n) is 6.56. The van der Waals surface area contributed by atoms with Crippen molar-refractivity contribution in [3.63, 3.8) is 0 Å². The van der Waals surface area contributed by atoms with Crippen LogP contribution in [0.1, 0.15) is 32.3 Å². The van der Waals surface area contributed by atoms with E-state index in [0.717, 1.165) is 24.7 Å². The molecule has 0 fully saturated rings. The monoisotopic (exact) mass is 268 g/mol. The third kappa shape index (κ3) is 5.85. The highest BCUT2D eigenvalue weighted by molar-refractivity contribution is 6.30. The predicted octanol–water partition coefficient (Wildman–Crippen LogP) is 3.54. The molecule has 0 saturated carbocycles. The normalized spacial score (nSPS) is 12.1. The van der Waals surface area contributed by atoms with Crippen LogP contribution in [0.25, 0.3) is 0 Å². The molecule has 1 aromatic rings. The number of hydrogen-bond donors (Lipinski definition) is 1. The molecule has 0 radical (unpaired) electrons. The Morgan fingerprint density at radius 2 is 1.83 bits per heavy atom. The molecule has 0 aliphatic carbocycles. The van der Waals surface area contributed by atoms with Crippen molar-refractivity contribution >= 4 is 11.6 Å². The van der Waals surface area contributed by atoms with Crippen LogP contribution in [0.2, 0.25) is 5.02 Å². The first-order valence-corrected chi connectivity index (χ1v) is 6.94. The minimum Gasteiger partial charge on any atom is -0.330 e. The summed E-state index contributed by atoms with van der Waals surface area (Å²) < 4.78 is 0. The summed E-state index contributed by atoms with van der Waals surface area (Å²) in [6, 6.07) is 8.07. The lowest BCUT2D eigenvalue weighted by Crippen LogP contribution is -2.26. The topological polar surface area (TPSA) is 29.3 Å². The van der Waals surface area contributed by atoms with Gasteiger partial charge in [-0.05, 0) is 56.1 Å². The van der Waals surface area contributed by atoms with Crippen molar-refractivity contribution in [3.8, 4) is 0 Å². The lowest BCUT2D eigenvalue weighted by molar-refractivity contribution is 0.273. The van der Waals surface area contributed by atoms with E-state index in [1.807, 2.05) is 12.1 Å².